The van der Waals surface area contributed by atoms with Gasteiger partial charge < -0.3 is 4.90 Å². The van der Waals surface area contributed by atoms with Crippen LogP contribution in [0.3, 0.4) is 0 Å². The van der Waals surface area contributed by atoms with E-state index in [0.29, 0.717) is 11.8 Å². The smallest absolute Gasteiger partial charge is 0.245 e. The van der Waals surface area contributed by atoms with Crippen LogP contribution in [0, 0.1) is 11.8 Å². The standard InChI is InChI=1S/C16H24N2O/c1-11(2)12(3)10-18-13(4)17-15(16(18)19)14-8-6-5-7-9-14/h5-9,11-13,15,17H,10H2,1-4H3. The molecule has 0 radical (unpaired) electrons. The van der Waals surface area contributed by atoms with E-state index in [0.717, 1.165) is 12.1 Å². The van der Waals surface area contributed by atoms with Crippen molar-refractivity contribution in [1.82, 2.24) is 10.2 Å². The van der Waals surface area contributed by atoms with Crippen molar-refractivity contribution in [1.29, 1.82) is 0 Å². The third-order valence-electron chi connectivity index (χ3n) is 4.16. The average molecular weight is 260 g/mol. The highest BCUT2D eigenvalue weighted by molar-refractivity contribution is 5.85. The van der Waals surface area contributed by atoms with Crippen molar-refractivity contribution in [3.63, 3.8) is 0 Å². The van der Waals surface area contributed by atoms with Crippen molar-refractivity contribution in [2.75, 3.05) is 6.54 Å². The fourth-order valence-corrected chi connectivity index (χ4v) is 2.41. The third-order valence-corrected chi connectivity index (χ3v) is 4.16. The number of nitrogens with zero attached hydrogens (tertiary/aromatic N) is 1. The Hall–Kier alpha value is -1.35. The summed E-state index contributed by atoms with van der Waals surface area (Å²) in [5.41, 5.74) is 1.05. The van der Waals surface area contributed by atoms with Crippen LogP contribution in [0.5, 0.6) is 0 Å². The summed E-state index contributed by atoms with van der Waals surface area (Å²) in [5.74, 6) is 1.31. The Morgan fingerprint density at radius 2 is 1.84 bits per heavy atom. The van der Waals surface area contributed by atoms with E-state index in [4.69, 9.17) is 0 Å². The maximum atomic E-state index is 12.5. The van der Waals surface area contributed by atoms with Crippen LogP contribution in [-0.2, 0) is 4.79 Å². The zero-order chi connectivity index (χ0) is 14.0. The number of benzene rings is 1. The molecule has 3 heteroatoms. The topological polar surface area (TPSA) is 32.3 Å². The van der Waals surface area contributed by atoms with Gasteiger partial charge in [-0.3, -0.25) is 10.1 Å². The molecular formula is C16H24N2O. The lowest BCUT2D eigenvalue weighted by Crippen LogP contribution is -2.38. The maximum absolute atomic E-state index is 12.5. The Morgan fingerprint density at radius 3 is 2.42 bits per heavy atom. The summed E-state index contributed by atoms with van der Waals surface area (Å²) in [6, 6.07) is 9.78. The molecule has 0 bridgehead atoms. The Labute approximate surface area is 116 Å². The molecule has 3 unspecified atom stereocenters. The van der Waals surface area contributed by atoms with E-state index >= 15 is 0 Å². The monoisotopic (exact) mass is 260 g/mol. The third kappa shape index (κ3) is 2.98. The van der Waals surface area contributed by atoms with Gasteiger partial charge in [0, 0.05) is 6.54 Å². The molecular weight excluding hydrogens is 236 g/mol. The largest absolute Gasteiger partial charge is 0.325 e. The highest BCUT2D eigenvalue weighted by atomic mass is 16.2. The second kappa shape index (κ2) is 5.74. The predicted molar refractivity (Wildman–Crippen MR) is 77.5 cm³/mol. The Morgan fingerprint density at radius 1 is 1.21 bits per heavy atom. The van der Waals surface area contributed by atoms with Gasteiger partial charge in [-0.25, -0.2) is 0 Å². The lowest BCUT2D eigenvalue weighted by Gasteiger charge is -2.26. The Balaban J connectivity index is 2.11. The Bertz CT molecular complexity index is 430. The van der Waals surface area contributed by atoms with Gasteiger partial charge in [-0.15, -0.1) is 0 Å². The summed E-state index contributed by atoms with van der Waals surface area (Å²) >= 11 is 0. The van der Waals surface area contributed by atoms with Gasteiger partial charge in [-0.2, -0.15) is 0 Å². The number of hydrogen-bond acceptors (Lipinski definition) is 2. The van der Waals surface area contributed by atoms with Crippen LogP contribution in [-0.4, -0.2) is 23.5 Å². The first-order valence-electron chi connectivity index (χ1n) is 7.12. The highest BCUT2D eigenvalue weighted by Gasteiger charge is 2.37. The number of amides is 1. The first kappa shape index (κ1) is 14.1. The fourth-order valence-electron chi connectivity index (χ4n) is 2.41. The van der Waals surface area contributed by atoms with Crippen LogP contribution in [0.1, 0.15) is 39.3 Å². The molecule has 0 aromatic heterocycles. The van der Waals surface area contributed by atoms with E-state index in [-0.39, 0.29) is 18.1 Å². The molecule has 3 nitrogen and oxygen atoms in total. The van der Waals surface area contributed by atoms with Crippen LogP contribution in [0.25, 0.3) is 0 Å². The van der Waals surface area contributed by atoms with Gasteiger partial charge in [0.25, 0.3) is 0 Å². The second-order valence-corrected chi connectivity index (χ2v) is 5.90. The molecule has 3 atom stereocenters. The highest BCUT2D eigenvalue weighted by Crippen LogP contribution is 2.25. The van der Waals surface area contributed by atoms with E-state index in [1.54, 1.807) is 0 Å². The maximum Gasteiger partial charge on any atom is 0.245 e. The molecule has 1 N–H and O–H groups in total. The lowest BCUT2D eigenvalue weighted by atomic mass is 9.97. The SMILES string of the molecule is CC(C)C(C)CN1C(=O)C(c2ccccc2)NC1C. The van der Waals surface area contributed by atoms with Crippen molar-refractivity contribution >= 4 is 5.91 Å². The molecule has 1 fully saturated rings. The molecule has 2 rings (SSSR count). The molecule has 0 aliphatic carbocycles. The van der Waals surface area contributed by atoms with Crippen LogP contribution < -0.4 is 5.32 Å². The molecule has 0 spiro atoms. The van der Waals surface area contributed by atoms with E-state index in [9.17, 15) is 4.79 Å². The molecule has 1 aliphatic heterocycles. The molecule has 1 amide bonds. The zero-order valence-electron chi connectivity index (χ0n) is 12.3. The zero-order valence-corrected chi connectivity index (χ0v) is 12.3. The summed E-state index contributed by atoms with van der Waals surface area (Å²) in [6.45, 7) is 9.51. The van der Waals surface area contributed by atoms with Crippen LogP contribution >= 0.6 is 0 Å². The number of carbonyl (C=O) groups excluding carboxylic acids is 1. The van der Waals surface area contributed by atoms with Gasteiger partial charge >= 0.3 is 0 Å². The normalized spacial score (nSPS) is 25.1. The number of rotatable bonds is 4. The van der Waals surface area contributed by atoms with Gasteiger partial charge in [0.2, 0.25) is 5.91 Å². The van der Waals surface area contributed by atoms with Gasteiger partial charge in [0.15, 0.2) is 0 Å². The molecule has 1 aliphatic rings. The summed E-state index contributed by atoms with van der Waals surface area (Å²) < 4.78 is 0. The van der Waals surface area contributed by atoms with Crippen LogP contribution in [0.2, 0.25) is 0 Å². The molecule has 0 saturated carbocycles. The van der Waals surface area contributed by atoms with Crippen molar-refractivity contribution in [2.45, 2.75) is 39.9 Å². The lowest BCUT2D eigenvalue weighted by molar-refractivity contribution is -0.130. The van der Waals surface area contributed by atoms with Crippen molar-refractivity contribution in [3.05, 3.63) is 35.9 Å². The van der Waals surface area contributed by atoms with Crippen molar-refractivity contribution in [3.8, 4) is 0 Å². The van der Waals surface area contributed by atoms with Crippen LogP contribution in [0.4, 0.5) is 0 Å². The first-order valence-corrected chi connectivity index (χ1v) is 7.12. The minimum absolute atomic E-state index is 0.110. The predicted octanol–water partition coefficient (Wildman–Crippen LogP) is 2.80. The van der Waals surface area contributed by atoms with Crippen LogP contribution in [0.15, 0.2) is 30.3 Å². The van der Waals surface area contributed by atoms with E-state index in [1.807, 2.05) is 35.2 Å². The van der Waals surface area contributed by atoms with Gasteiger partial charge in [0.05, 0.1) is 6.17 Å². The van der Waals surface area contributed by atoms with Gasteiger partial charge in [-0.1, -0.05) is 51.1 Å². The van der Waals surface area contributed by atoms with Gasteiger partial charge in [-0.05, 0) is 24.3 Å². The molecule has 104 valence electrons. The summed E-state index contributed by atoms with van der Waals surface area (Å²) in [6.07, 6.45) is 0.110. The number of hydrogen-bond donors (Lipinski definition) is 1. The fraction of sp³-hybridized carbons (Fsp3) is 0.562. The van der Waals surface area contributed by atoms with Crippen molar-refractivity contribution in [2.24, 2.45) is 11.8 Å². The first-order chi connectivity index (χ1) is 9.00. The van der Waals surface area contributed by atoms with E-state index < -0.39 is 0 Å². The van der Waals surface area contributed by atoms with E-state index in [2.05, 4.69) is 33.0 Å². The molecule has 1 aromatic rings. The summed E-state index contributed by atoms with van der Waals surface area (Å²) in [5, 5.41) is 3.39. The molecule has 1 heterocycles. The summed E-state index contributed by atoms with van der Waals surface area (Å²) in [4.78, 5) is 14.5. The number of carbonyl (C=O) groups is 1. The quantitative estimate of drug-likeness (QED) is 0.903. The number of nitrogens with one attached hydrogen (secondary N) is 1. The Kier molecular flexibility index (Phi) is 4.25. The van der Waals surface area contributed by atoms with E-state index in [1.165, 1.54) is 0 Å². The van der Waals surface area contributed by atoms with Gasteiger partial charge in [0.1, 0.15) is 6.04 Å². The minimum atomic E-state index is -0.185. The minimum Gasteiger partial charge on any atom is -0.325 e. The second-order valence-electron chi connectivity index (χ2n) is 5.90. The van der Waals surface area contributed by atoms with Crippen molar-refractivity contribution < 1.29 is 4.79 Å². The molecule has 1 aromatic carbocycles. The molecule has 19 heavy (non-hydrogen) atoms. The molecule has 1 saturated heterocycles. The average Bonchev–Trinajstić information content (AvgIpc) is 2.67. The summed E-state index contributed by atoms with van der Waals surface area (Å²) in [7, 11) is 0.